The summed E-state index contributed by atoms with van der Waals surface area (Å²) in [5.41, 5.74) is 3.00. The van der Waals surface area contributed by atoms with E-state index in [1.807, 2.05) is 42.5 Å². The minimum atomic E-state index is 0. The maximum absolute atomic E-state index is 12.4. The van der Waals surface area contributed by atoms with Gasteiger partial charge in [-0.05, 0) is 29.3 Å². The van der Waals surface area contributed by atoms with Gasteiger partial charge >= 0.3 is 0 Å². The summed E-state index contributed by atoms with van der Waals surface area (Å²) in [5.74, 6) is 2.55. The quantitative estimate of drug-likeness (QED) is 0.892. The summed E-state index contributed by atoms with van der Waals surface area (Å²) < 4.78 is 10.6. The van der Waals surface area contributed by atoms with Crippen molar-refractivity contribution < 1.29 is 14.3 Å². The van der Waals surface area contributed by atoms with Crippen molar-refractivity contribution in [3.05, 3.63) is 59.2 Å². The summed E-state index contributed by atoms with van der Waals surface area (Å²) in [6.45, 7) is 1.93. The molecule has 0 bridgehead atoms. The molecule has 130 valence electrons. The summed E-state index contributed by atoms with van der Waals surface area (Å²) in [6, 6.07) is 13.7. The lowest BCUT2D eigenvalue weighted by Crippen LogP contribution is -2.19. The molecule has 0 fully saturated rings. The molecule has 0 saturated heterocycles. The van der Waals surface area contributed by atoms with Crippen molar-refractivity contribution in [1.29, 1.82) is 0 Å². The number of Topliss-reactive ketones (excluding diaryl/α,β-unsaturated/α-hetero) is 1. The van der Waals surface area contributed by atoms with Crippen molar-refractivity contribution in [3.8, 4) is 11.5 Å². The standard InChI is InChI=1S/C19H18N2O3.ClH/c22-16(10-14-4-5-17-18(11-14)24-12-23-17)9-13-2-1-3-15(8-13)19-20-6-7-21-19;/h1-5,8,11H,6-7,9-10,12H2,(H,20,21);1H. The number of halogens is 1. The van der Waals surface area contributed by atoms with Gasteiger partial charge in [0.15, 0.2) is 11.5 Å². The van der Waals surface area contributed by atoms with Crippen LogP contribution in [0.25, 0.3) is 0 Å². The monoisotopic (exact) mass is 358 g/mol. The molecule has 0 amide bonds. The molecule has 2 aliphatic rings. The van der Waals surface area contributed by atoms with Gasteiger partial charge in [0.1, 0.15) is 11.6 Å². The number of carbonyl (C=O) groups is 1. The number of nitrogens with one attached hydrogen (secondary N) is 1. The van der Waals surface area contributed by atoms with Crippen molar-refractivity contribution in [3.63, 3.8) is 0 Å². The first-order valence-corrected chi connectivity index (χ1v) is 8.06. The number of rotatable bonds is 5. The number of fused-ring (bicyclic) bond motifs is 1. The normalized spacial score (nSPS) is 14.5. The zero-order valence-electron chi connectivity index (χ0n) is 13.7. The van der Waals surface area contributed by atoms with Crippen LogP contribution in [0, 0.1) is 0 Å². The first-order chi connectivity index (χ1) is 11.8. The van der Waals surface area contributed by atoms with Gasteiger partial charge in [0, 0.05) is 24.9 Å². The lowest BCUT2D eigenvalue weighted by atomic mass is 10.0. The summed E-state index contributed by atoms with van der Waals surface area (Å²) in [7, 11) is 0. The van der Waals surface area contributed by atoms with Gasteiger partial charge in [-0.15, -0.1) is 12.4 Å². The van der Waals surface area contributed by atoms with Crippen molar-refractivity contribution in [2.45, 2.75) is 12.8 Å². The van der Waals surface area contributed by atoms with Crippen LogP contribution >= 0.6 is 12.4 Å². The van der Waals surface area contributed by atoms with E-state index in [2.05, 4.69) is 10.3 Å². The van der Waals surface area contributed by atoms with Crippen molar-refractivity contribution >= 4 is 24.0 Å². The van der Waals surface area contributed by atoms with Crippen molar-refractivity contribution in [1.82, 2.24) is 5.32 Å². The van der Waals surface area contributed by atoms with Crippen LogP contribution in [0.15, 0.2) is 47.5 Å². The Hall–Kier alpha value is -2.53. The van der Waals surface area contributed by atoms with Crippen molar-refractivity contribution in [2.75, 3.05) is 19.9 Å². The maximum Gasteiger partial charge on any atom is 0.231 e. The summed E-state index contributed by atoms with van der Waals surface area (Å²) in [6.07, 6.45) is 0.801. The Morgan fingerprint density at radius 3 is 2.64 bits per heavy atom. The molecule has 1 N–H and O–H groups in total. The predicted octanol–water partition coefficient (Wildman–Crippen LogP) is 2.54. The van der Waals surface area contributed by atoms with E-state index in [0.717, 1.165) is 41.4 Å². The van der Waals surface area contributed by atoms with Crippen LogP contribution in [-0.2, 0) is 17.6 Å². The van der Waals surface area contributed by atoms with E-state index >= 15 is 0 Å². The Labute approximate surface area is 152 Å². The van der Waals surface area contributed by atoms with Crippen LogP contribution in [0.5, 0.6) is 11.5 Å². The Balaban J connectivity index is 0.00000182. The molecule has 2 aromatic carbocycles. The third kappa shape index (κ3) is 3.94. The lowest BCUT2D eigenvalue weighted by molar-refractivity contribution is -0.117. The van der Waals surface area contributed by atoms with E-state index in [4.69, 9.17) is 9.47 Å². The van der Waals surface area contributed by atoms with E-state index in [1.54, 1.807) is 0 Å². The minimum absolute atomic E-state index is 0. The number of hydrogen-bond acceptors (Lipinski definition) is 5. The zero-order chi connectivity index (χ0) is 16.4. The number of benzene rings is 2. The lowest BCUT2D eigenvalue weighted by Gasteiger charge is -2.06. The predicted molar refractivity (Wildman–Crippen MR) is 98.1 cm³/mol. The molecule has 0 radical (unpaired) electrons. The van der Waals surface area contributed by atoms with E-state index in [9.17, 15) is 4.79 Å². The van der Waals surface area contributed by atoms with Crippen LogP contribution in [0.4, 0.5) is 0 Å². The molecule has 0 aliphatic carbocycles. The SMILES string of the molecule is Cl.O=C(Cc1cccc(C2=NCCN2)c1)Cc1ccc2c(c1)OCO2. The molecule has 5 nitrogen and oxygen atoms in total. The average molecular weight is 359 g/mol. The molecule has 2 heterocycles. The number of aliphatic imine (C=N–C) groups is 1. The number of amidine groups is 1. The Morgan fingerprint density at radius 1 is 1.04 bits per heavy atom. The smallest absolute Gasteiger partial charge is 0.231 e. The third-order valence-electron chi connectivity index (χ3n) is 4.11. The third-order valence-corrected chi connectivity index (χ3v) is 4.11. The molecule has 0 spiro atoms. The number of hydrogen-bond donors (Lipinski definition) is 1. The second-order valence-corrected chi connectivity index (χ2v) is 5.94. The largest absolute Gasteiger partial charge is 0.454 e. The zero-order valence-corrected chi connectivity index (χ0v) is 14.5. The Bertz CT molecular complexity index is 820. The fourth-order valence-electron chi connectivity index (χ4n) is 2.99. The molecule has 4 rings (SSSR count). The van der Waals surface area contributed by atoms with E-state index in [1.165, 1.54) is 0 Å². The van der Waals surface area contributed by atoms with Gasteiger partial charge in [0.2, 0.25) is 6.79 Å². The van der Waals surface area contributed by atoms with Crippen LogP contribution < -0.4 is 14.8 Å². The summed E-state index contributed by atoms with van der Waals surface area (Å²) >= 11 is 0. The number of ketones is 1. The molecule has 25 heavy (non-hydrogen) atoms. The maximum atomic E-state index is 12.4. The second-order valence-electron chi connectivity index (χ2n) is 5.94. The van der Waals surface area contributed by atoms with Gasteiger partial charge in [-0.25, -0.2) is 0 Å². The molecule has 0 aromatic heterocycles. The van der Waals surface area contributed by atoms with Gasteiger partial charge in [0.05, 0.1) is 6.54 Å². The van der Waals surface area contributed by atoms with Crippen LogP contribution in [0.2, 0.25) is 0 Å². The van der Waals surface area contributed by atoms with Gasteiger partial charge in [-0.2, -0.15) is 0 Å². The number of carbonyl (C=O) groups excluding carboxylic acids is 1. The molecule has 0 saturated carbocycles. The van der Waals surface area contributed by atoms with Crippen molar-refractivity contribution in [2.24, 2.45) is 4.99 Å². The molecule has 0 atom stereocenters. The molecular weight excluding hydrogens is 340 g/mol. The highest BCUT2D eigenvalue weighted by atomic mass is 35.5. The molecule has 0 unspecified atom stereocenters. The van der Waals surface area contributed by atoms with E-state index in [0.29, 0.717) is 18.6 Å². The van der Waals surface area contributed by atoms with Gasteiger partial charge < -0.3 is 14.8 Å². The second kappa shape index (κ2) is 7.57. The molecular formula is C19H19ClN2O3. The summed E-state index contributed by atoms with van der Waals surface area (Å²) in [4.78, 5) is 16.8. The highest BCUT2D eigenvalue weighted by Crippen LogP contribution is 2.32. The van der Waals surface area contributed by atoms with Crippen LogP contribution in [-0.4, -0.2) is 31.5 Å². The van der Waals surface area contributed by atoms with E-state index < -0.39 is 0 Å². The molecule has 2 aliphatic heterocycles. The highest BCUT2D eigenvalue weighted by molar-refractivity contribution is 6.00. The first kappa shape index (κ1) is 17.3. The summed E-state index contributed by atoms with van der Waals surface area (Å²) in [5, 5.41) is 3.26. The Morgan fingerprint density at radius 2 is 1.84 bits per heavy atom. The minimum Gasteiger partial charge on any atom is -0.454 e. The fraction of sp³-hybridized carbons (Fsp3) is 0.263. The first-order valence-electron chi connectivity index (χ1n) is 8.06. The van der Waals surface area contributed by atoms with E-state index in [-0.39, 0.29) is 25.0 Å². The fourth-order valence-corrected chi connectivity index (χ4v) is 2.99. The average Bonchev–Trinajstić information content (AvgIpc) is 3.26. The van der Waals surface area contributed by atoms with Gasteiger partial charge in [-0.1, -0.05) is 24.3 Å². The Kier molecular flexibility index (Phi) is 5.24. The number of nitrogens with zero attached hydrogens (tertiary/aromatic N) is 1. The van der Waals surface area contributed by atoms with Crippen LogP contribution in [0.3, 0.4) is 0 Å². The highest BCUT2D eigenvalue weighted by Gasteiger charge is 2.15. The molecule has 2 aromatic rings. The molecule has 6 heteroatoms. The van der Waals surface area contributed by atoms with Crippen LogP contribution in [0.1, 0.15) is 16.7 Å². The van der Waals surface area contributed by atoms with Gasteiger partial charge in [0.25, 0.3) is 0 Å². The topological polar surface area (TPSA) is 59.9 Å². The number of ether oxygens (including phenoxy) is 2. The van der Waals surface area contributed by atoms with Gasteiger partial charge in [-0.3, -0.25) is 9.79 Å².